The van der Waals surface area contributed by atoms with Gasteiger partial charge >= 0.3 is 12.3 Å². The number of benzene rings is 1. The quantitative estimate of drug-likeness (QED) is 0.821. The minimum absolute atomic E-state index is 0.0231. The summed E-state index contributed by atoms with van der Waals surface area (Å²) in [6.07, 6.45) is -3.66. The van der Waals surface area contributed by atoms with E-state index >= 15 is 0 Å². The molecule has 1 aliphatic rings. The number of fused-ring (bicyclic) bond motifs is 1. The molecular weight excluding hydrogens is 248 g/mol. The van der Waals surface area contributed by atoms with E-state index in [2.05, 4.69) is 14.2 Å². The Hall–Kier alpha value is -1.89. The van der Waals surface area contributed by atoms with Crippen LogP contribution in [-0.4, -0.2) is 25.4 Å². The molecule has 0 aliphatic carbocycles. The molecule has 0 spiro atoms. The third-order valence-electron chi connectivity index (χ3n) is 2.45. The van der Waals surface area contributed by atoms with Crippen LogP contribution in [0.4, 0.5) is 8.78 Å². The summed E-state index contributed by atoms with van der Waals surface area (Å²) in [6, 6.07) is 3.46. The zero-order valence-corrected chi connectivity index (χ0v) is 9.48. The summed E-state index contributed by atoms with van der Waals surface area (Å²) in [6.45, 7) is 0. The highest BCUT2D eigenvalue weighted by Gasteiger charge is 2.44. The van der Waals surface area contributed by atoms with Crippen molar-refractivity contribution in [1.82, 2.24) is 0 Å². The topological polar surface area (TPSA) is 70.8 Å². The first kappa shape index (κ1) is 12.6. The third-order valence-corrected chi connectivity index (χ3v) is 2.45. The smallest absolute Gasteiger partial charge is 0.468 e. The fraction of sp³-hybridized carbons (Fsp3) is 0.364. The number of hydrogen-bond donors (Lipinski definition) is 1. The van der Waals surface area contributed by atoms with E-state index in [1.807, 2.05) is 0 Å². The number of nitrogens with two attached hydrogens (primary N) is 1. The molecular formula is C11H11F2NO4. The van der Waals surface area contributed by atoms with Gasteiger partial charge in [0, 0.05) is 12.0 Å². The Kier molecular flexibility index (Phi) is 3.08. The van der Waals surface area contributed by atoms with Crippen LogP contribution in [0.5, 0.6) is 11.5 Å². The second kappa shape index (κ2) is 4.41. The summed E-state index contributed by atoms with van der Waals surface area (Å²) in [5.74, 6) is -0.797. The van der Waals surface area contributed by atoms with Gasteiger partial charge in [0.15, 0.2) is 11.5 Å². The van der Waals surface area contributed by atoms with E-state index in [-0.39, 0.29) is 17.9 Å². The molecule has 5 nitrogen and oxygen atoms in total. The Balaban J connectivity index is 2.22. The van der Waals surface area contributed by atoms with E-state index in [0.29, 0.717) is 5.56 Å². The third kappa shape index (κ3) is 2.35. The second-order valence-electron chi connectivity index (χ2n) is 3.75. The largest absolute Gasteiger partial charge is 0.586 e. The van der Waals surface area contributed by atoms with E-state index in [0.717, 1.165) is 0 Å². The average molecular weight is 259 g/mol. The molecule has 1 aromatic rings. The van der Waals surface area contributed by atoms with Gasteiger partial charge in [-0.25, -0.2) is 0 Å². The summed E-state index contributed by atoms with van der Waals surface area (Å²) in [7, 11) is 1.20. The lowest BCUT2D eigenvalue weighted by atomic mass is 10.1. The molecule has 7 heteroatoms. The van der Waals surface area contributed by atoms with Crippen LogP contribution in [0.25, 0.3) is 0 Å². The minimum atomic E-state index is -3.69. The van der Waals surface area contributed by atoms with E-state index < -0.39 is 18.3 Å². The molecule has 98 valence electrons. The number of esters is 1. The first-order chi connectivity index (χ1) is 8.43. The number of ether oxygens (including phenoxy) is 3. The summed E-state index contributed by atoms with van der Waals surface area (Å²) in [5, 5.41) is 0. The predicted molar refractivity (Wildman–Crippen MR) is 56.3 cm³/mol. The normalized spacial score (nSPS) is 17.3. The van der Waals surface area contributed by atoms with Gasteiger partial charge in [0.2, 0.25) is 0 Å². The van der Waals surface area contributed by atoms with Crippen LogP contribution in [0, 0.1) is 0 Å². The van der Waals surface area contributed by atoms with Crippen molar-refractivity contribution in [3.63, 3.8) is 0 Å². The summed E-state index contributed by atoms with van der Waals surface area (Å²) < 4.78 is 39.0. The zero-order valence-electron chi connectivity index (χ0n) is 9.48. The number of carbonyl (C=O) groups is 1. The van der Waals surface area contributed by atoms with Crippen LogP contribution in [0.15, 0.2) is 18.2 Å². The van der Waals surface area contributed by atoms with Gasteiger partial charge in [-0.15, -0.1) is 8.78 Å². The highest BCUT2D eigenvalue weighted by atomic mass is 19.3. The predicted octanol–water partition coefficient (Wildman–Crippen LogP) is 1.05. The van der Waals surface area contributed by atoms with E-state index in [9.17, 15) is 13.6 Å². The van der Waals surface area contributed by atoms with Gasteiger partial charge < -0.3 is 19.9 Å². The maximum atomic E-state index is 12.9. The SMILES string of the molecule is COC(=O)[C@@H](N)Cc1cccc2c1OC(F)(F)O2. The van der Waals surface area contributed by atoms with Gasteiger partial charge in [-0.05, 0) is 6.07 Å². The molecule has 0 fully saturated rings. The molecule has 1 aliphatic heterocycles. The number of carbonyl (C=O) groups excluding carboxylic acids is 1. The summed E-state index contributed by atoms with van der Waals surface area (Å²) >= 11 is 0. The lowest BCUT2D eigenvalue weighted by Gasteiger charge is -2.11. The maximum Gasteiger partial charge on any atom is 0.586 e. The van der Waals surface area contributed by atoms with Crippen molar-refractivity contribution in [2.45, 2.75) is 18.8 Å². The van der Waals surface area contributed by atoms with Crippen molar-refractivity contribution in [1.29, 1.82) is 0 Å². The zero-order chi connectivity index (χ0) is 13.3. The van der Waals surface area contributed by atoms with Crippen molar-refractivity contribution in [2.75, 3.05) is 7.11 Å². The Morgan fingerprint density at radius 3 is 2.89 bits per heavy atom. The molecule has 0 bridgehead atoms. The average Bonchev–Trinajstić information content (AvgIpc) is 2.63. The van der Waals surface area contributed by atoms with E-state index in [1.165, 1.54) is 25.3 Å². The van der Waals surface area contributed by atoms with Crippen LogP contribution >= 0.6 is 0 Å². The van der Waals surface area contributed by atoms with Crippen LogP contribution in [0.2, 0.25) is 0 Å². The summed E-state index contributed by atoms with van der Waals surface area (Å²) in [4.78, 5) is 11.2. The monoisotopic (exact) mass is 259 g/mol. The molecule has 0 unspecified atom stereocenters. The molecule has 1 atom stereocenters. The standard InChI is InChI=1S/C11H11F2NO4/c1-16-10(15)7(14)5-6-3-2-4-8-9(6)18-11(12,13)17-8/h2-4,7H,5,14H2,1H3/t7-/m0/s1. The van der Waals surface area contributed by atoms with Gasteiger partial charge in [0.05, 0.1) is 7.11 Å². The van der Waals surface area contributed by atoms with Gasteiger partial charge in [-0.3, -0.25) is 4.79 Å². The Morgan fingerprint density at radius 1 is 1.50 bits per heavy atom. The fourth-order valence-corrected chi connectivity index (χ4v) is 1.66. The molecule has 0 saturated heterocycles. The molecule has 2 N–H and O–H groups in total. The second-order valence-corrected chi connectivity index (χ2v) is 3.75. The molecule has 1 heterocycles. The first-order valence-corrected chi connectivity index (χ1v) is 5.14. The van der Waals surface area contributed by atoms with Crippen molar-refractivity contribution in [3.05, 3.63) is 23.8 Å². The number of halogens is 2. The number of alkyl halides is 2. The maximum absolute atomic E-state index is 12.9. The lowest BCUT2D eigenvalue weighted by Crippen LogP contribution is -2.33. The molecule has 0 radical (unpaired) electrons. The van der Waals surface area contributed by atoms with E-state index in [1.54, 1.807) is 0 Å². The molecule has 0 aromatic heterocycles. The highest BCUT2D eigenvalue weighted by molar-refractivity contribution is 5.76. The molecule has 0 amide bonds. The Bertz CT molecular complexity index is 478. The Labute approximate surface area is 101 Å². The minimum Gasteiger partial charge on any atom is -0.468 e. The van der Waals surface area contributed by atoms with Gasteiger partial charge in [-0.2, -0.15) is 0 Å². The number of rotatable bonds is 3. The number of hydrogen-bond acceptors (Lipinski definition) is 5. The van der Waals surface area contributed by atoms with Crippen molar-refractivity contribution in [2.24, 2.45) is 5.73 Å². The van der Waals surface area contributed by atoms with Crippen molar-refractivity contribution in [3.8, 4) is 11.5 Å². The lowest BCUT2D eigenvalue weighted by molar-refractivity contribution is -0.286. The van der Waals surface area contributed by atoms with E-state index in [4.69, 9.17) is 5.73 Å². The Morgan fingerprint density at radius 2 is 2.22 bits per heavy atom. The van der Waals surface area contributed by atoms with Crippen LogP contribution in [0.3, 0.4) is 0 Å². The van der Waals surface area contributed by atoms with Gasteiger partial charge in [0.1, 0.15) is 6.04 Å². The number of para-hydroxylation sites is 1. The molecule has 1 aromatic carbocycles. The van der Waals surface area contributed by atoms with Crippen molar-refractivity contribution < 1.29 is 27.8 Å². The fourth-order valence-electron chi connectivity index (χ4n) is 1.66. The highest BCUT2D eigenvalue weighted by Crippen LogP contribution is 2.43. The first-order valence-electron chi connectivity index (χ1n) is 5.14. The van der Waals surface area contributed by atoms with Crippen molar-refractivity contribution >= 4 is 5.97 Å². The summed E-state index contributed by atoms with van der Waals surface area (Å²) in [5.41, 5.74) is 5.93. The molecule has 2 rings (SSSR count). The van der Waals surface area contributed by atoms with Crippen LogP contribution in [0.1, 0.15) is 5.56 Å². The molecule has 18 heavy (non-hydrogen) atoms. The molecule has 0 saturated carbocycles. The van der Waals surface area contributed by atoms with Crippen LogP contribution in [-0.2, 0) is 16.0 Å². The van der Waals surface area contributed by atoms with Gasteiger partial charge in [0.25, 0.3) is 0 Å². The van der Waals surface area contributed by atoms with Crippen LogP contribution < -0.4 is 15.2 Å². The van der Waals surface area contributed by atoms with Gasteiger partial charge in [-0.1, -0.05) is 12.1 Å². The number of methoxy groups -OCH3 is 1.